The van der Waals surface area contributed by atoms with Gasteiger partial charge in [-0.2, -0.15) is 0 Å². The number of carbonyl (C=O) groups is 3. The van der Waals surface area contributed by atoms with E-state index in [1.807, 2.05) is 20.8 Å². The molecule has 1 aliphatic rings. The third-order valence-corrected chi connectivity index (χ3v) is 3.29. The molecule has 0 fully saturated rings. The number of Topliss-reactive ketones (excluding diaryl/α,β-unsaturated/α-hetero) is 1. The van der Waals surface area contributed by atoms with Crippen LogP contribution >= 0.6 is 0 Å². The summed E-state index contributed by atoms with van der Waals surface area (Å²) in [5, 5.41) is 0. The van der Waals surface area contributed by atoms with Crippen molar-refractivity contribution in [3.8, 4) is 0 Å². The second kappa shape index (κ2) is 6.10. The van der Waals surface area contributed by atoms with Crippen LogP contribution in [0.5, 0.6) is 0 Å². The average Bonchev–Trinajstić information content (AvgIpc) is 2.34. The van der Waals surface area contributed by atoms with E-state index in [2.05, 4.69) is 4.74 Å². The molecular formula is C16H25NO5. The quantitative estimate of drug-likeness (QED) is 0.550. The van der Waals surface area contributed by atoms with Gasteiger partial charge in [0.2, 0.25) is 0 Å². The molecule has 1 heterocycles. The SMILES string of the molecule is COC(=O)C1=CN(C(=O)OC(C)(C)C)[C@@H](C(C)(C)C)CC1=O. The molecule has 0 aromatic heterocycles. The molecule has 0 saturated carbocycles. The summed E-state index contributed by atoms with van der Waals surface area (Å²) >= 11 is 0. The highest BCUT2D eigenvalue weighted by molar-refractivity contribution is 6.18. The van der Waals surface area contributed by atoms with Crippen LogP contribution in [0.3, 0.4) is 0 Å². The Morgan fingerprint density at radius 1 is 1.18 bits per heavy atom. The van der Waals surface area contributed by atoms with E-state index >= 15 is 0 Å². The molecule has 1 atom stereocenters. The van der Waals surface area contributed by atoms with Gasteiger partial charge >= 0.3 is 12.1 Å². The van der Waals surface area contributed by atoms with Crippen molar-refractivity contribution in [3.63, 3.8) is 0 Å². The molecule has 0 spiro atoms. The van der Waals surface area contributed by atoms with Crippen molar-refractivity contribution in [3.05, 3.63) is 11.8 Å². The van der Waals surface area contributed by atoms with Gasteiger partial charge in [-0.05, 0) is 26.2 Å². The second-order valence-corrected chi connectivity index (χ2v) is 7.43. The number of esters is 1. The van der Waals surface area contributed by atoms with Gasteiger partial charge in [0, 0.05) is 12.6 Å². The highest BCUT2D eigenvalue weighted by Gasteiger charge is 2.41. The first-order valence-corrected chi connectivity index (χ1v) is 7.21. The van der Waals surface area contributed by atoms with Gasteiger partial charge in [0.05, 0.1) is 13.2 Å². The van der Waals surface area contributed by atoms with Crippen LogP contribution in [0.15, 0.2) is 11.8 Å². The Bertz CT molecular complexity index is 508. The van der Waals surface area contributed by atoms with E-state index in [0.29, 0.717) is 0 Å². The zero-order valence-corrected chi connectivity index (χ0v) is 14.4. The number of amides is 1. The molecule has 6 nitrogen and oxygen atoms in total. The number of nitrogens with zero attached hydrogens (tertiary/aromatic N) is 1. The molecule has 1 rings (SSSR count). The molecule has 1 aliphatic heterocycles. The predicted molar refractivity (Wildman–Crippen MR) is 81.0 cm³/mol. The summed E-state index contributed by atoms with van der Waals surface area (Å²) < 4.78 is 9.98. The highest BCUT2D eigenvalue weighted by Crippen LogP contribution is 2.33. The van der Waals surface area contributed by atoms with Crippen molar-refractivity contribution < 1.29 is 23.9 Å². The molecule has 22 heavy (non-hydrogen) atoms. The topological polar surface area (TPSA) is 72.9 Å². The molecule has 0 aromatic carbocycles. The smallest absolute Gasteiger partial charge is 0.414 e. The van der Waals surface area contributed by atoms with Crippen molar-refractivity contribution in [1.82, 2.24) is 4.90 Å². The van der Waals surface area contributed by atoms with Crippen LogP contribution in [0.1, 0.15) is 48.0 Å². The van der Waals surface area contributed by atoms with Crippen molar-refractivity contribution in [1.29, 1.82) is 0 Å². The second-order valence-electron chi connectivity index (χ2n) is 7.43. The van der Waals surface area contributed by atoms with Gasteiger partial charge in [-0.1, -0.05) is 20.8 Å². The monoisotopic (exact) mass is 311 g/mol. The summed E-state index contributed by atoms with van der Waals surface area (Å²) in [5.74, 6) is -1.07. The Hall–Kier alpha value is -1.85. The number of hydrogen-bond acceptors (Lipinski definition) is 5. The first-order chi connectivity index (χ1) is 9.86. The van der Waals surface area contributed by atoms with Gasteiger partial charge in [0.15, 0.2) is 5.78 Å². The van der Waals surface area contributed by atoms with Gasteiger partial charge in [-0.25, -0.2) is 9.59 Å². The van der Waals surface area contributed by atoms with E-state index in [0.717, 1.165) is 0 Å². The molecule has 0 aliphatic carbocycles. The maximum absolute atomic E-state index is 12.4. The van der Waals surface area contributed by atoms with Crippen molar-refractivity contribution in [2.75, 3.05) is 7.11 Å². The number of ketones is 1. The summed E-state index contributed by atoms with van der Waals surface area (Å²) in [6.45, 7) is 11.1. The van der Waals surface area contributed by atoms with Crippen LogP contribution in [0.2, 0.25) is 0 Å². The van der Waals surface area contributed by atoms with Crippen LogP contribution in [0, 0.1) is 5.41 Å². The van der Waals surface area contributed by atoms with E-state index in [1.54, 1.807) is 20.8 Å². The summed E-state index contributed by atoms with van der Waals surface area (Å²) in [4.78, 5) is 37.6. The summed E-state index contributed by atoms with van der Waals surface area (Å²) in [6, 6.07) is -0.386. The number of carbonyl (C=O) groups excluding carboxylic acids is 3. The van der Waals surface area contributed by atoms with Crippen molar-refractivity contribution in [2.45, 2.75) is 59.6 Å². The minimum atomic E-state index is -0.745. The fraction of sp³-hybridized carbons (Fsp3) is 0.688. The molecule has 0 aromatic rings. The Kier molecular flexibility index (Phi) is 5.05. The highest BCUT2D eigenvalue weighted by atomic mass is 16.6. The minimum absolute atomic E-state index is 0.0592. The van der Waals surface area contributed by atoms with Gasteiger partial charge < -0.3 is 9.47 Å². The van der Waals surface area contributed by atoms with Crippen LogP contribution in [0.4, 0.5) is 4.79 Å². The van der Waals surface area contributed by atoms with E-state index < -0.39 is 17.7 Å². The number of methoxy groups -OCH3 is 1. The standard InChI is InChI=1S/C16H25NO5/c1-15(2,3)12-8-11(18)10(13(19)21-7)9-17(12)14(20)22-16(4,5)6/h9,12H,8H2,1-7H3/t12-/m1/s1. The van der Waals surface area contributed by atoms with Crippen LogP contribution in [-0.4, -0.2) is 41.5 Å². The molecule has 1 amide bonds. The maximum atomic E-state index is 12.4. The first kappa shape index (κ1) is 18.2. The van der Waals surface area contributed by atoms with Gasteiger partial charge in [-0.15, -0.1) is 0 Å². The van der Waals surface area contributed by atoms with Crippen LogP contribution in [-0.2, 0) is 19.1 Å². The molecule has 0 unspecified atom stereocenters. The zero-order chi connectivity index (χ0) is 17.3. The third-order valence-electron chi connectivity index (χ3n) is 3.29. The van der Waals surface area contributed by atoms with E-state index in [-0.39, 0.29) is 29.2 Å². The molecule has 6 heteroatoms. The zero-order valence-electron chi connectivity index (χ0n) is 14.4. The fourth-order valence-corrected chi connectivity index (χ4v) is 2.18. The molecule has 0 bridgehead atoms. The maximum Gasteiger partial charge on any atom is 0.414 e. The minimum Gasteiger partial charge on any atom is -0.465 e. The Balaban J connectivity index is 3.23. The van der Waals surface area contributed by atoms with E-state index in [1.165, 1.54) is 18.2 Å². The first-order valence-electron chi connectivity index (χ1n) is 7.21. The number of rotatable bonds is 1. The summed E-state index contributed by atoms with van der Waals surface area (Å²) in [5.41, 5.74) is -1.14. The molecule has 124 valence electrons. The van der Waals surface area contributed by atoms with E-state index in [9.17, 15) is 14.4 Å². The predicted octanol–water partition coefficient (Wildman–Crippen LogP) is 2.67. The molecule has 0 saturated heterocycles. The molecular weight excluding hydrogens is 286 g/mol. The normalized spacial score (nSPS) is 19.6. The van der Waals surface area contributed by atoms with Crippen molar-refractivity contribution in [2.24, 2.45) is 5.41 Å². The summed E-state index contributed by atoms with van der Waals surface area (Å²) in [6.07, 6.45) is 0.729. The van der Waals surface area contributed by atoms with Gasteiger partial charge in [0.1, 0.15) is 11.2 Å². The lowest BCUT2D eigenvalue weighted by molar-refractivity contribution is -0.138. The number of hydrogen-bond donors (Lipinski definition) is 0. The lowest BCUT2D eigenvalue weighted by atomic mass is 9.80. The Labute approximate surface area is 131 Å². The third kappa shape index (κ3) is 4.32. The van der Waals surface area contributed by atoms with Gasteiger partial charge in [0.25, 0.3) is 0 Å². The fourth-order valence-electron chi connectivity index (χ4n) is 2.18. The number of ether oxygens (including phenoxy) is 2. The van der Waals surface area contributed by atoms with Crippen LogP contribution < -0.4 is 0 Å². The summed E-state index contributed by atoms with van der Waals surface area (Å²) in [7, 11) is 1.20. The lowest BCUT2D eigenvalue weighted by Crippen LogP contribution is -2.50. The molecule has 0 radical (unpaired) electrons. The van der Waals surface area contributed by atoms with Crippen LogP contribution in [0.25, 0.3) is 0 Å². The van der Waals surface area contributed by atoms with Crippen molar-refractivity contribution >= 4 is 17.8 Å². The Morgan fingerprint density at radius 3 is 2.14 bits per heavy atom. The largest absolute Gasteiger partial charge is 0.465 e. The average molecular weight is 311 g/mol. The molecule has 0 N–H and O–H groups in total. The Morgan fingerprint density at radius 2 is 1.73 bits per heavy atom. The van der Waals surface area contributed by atoms with Gasteiger partial charge in [-0.3, -0.25) is 9.69 Å². The van der Waals surface area contributed by atoms with E-state index in [4.69, 9.17) is 4.74 Å². The lowest BCUT2D eigenvalue weighted by Gasteiger charge is -2.40.